The highest BCUT2D eigenvalue weighted by Gasteiger charge is 2.20. The van der Waals surface area contributed by atoms with Gasteiger partial charge in [0.15, 0.2) is 5.15 Å². The molecule has 0 aromatic carbocycles. The van der Waals surface area contributed by atoms with E-state index in [9.17, 15) is 0 Å². The summed E-state index contributed by atoms with van der Waals surface area (Å²) in [6.45, 7) is 4.30. The summed E-state index contributed by atoms with van der Waals surface area (Å²) in [4.78, 5) is 4.18. The lowest BCUT2D eigenvalue weighted by atomic mass is 9.84. The van der Waals surface area contributed by atoms with Crippen LogP contribution in [0.5, 0.6) is 0 Å². The van der Waals surface area contributed by atoms with Crippen molar-refractivity contribution in [2.45, 2.75) is 52.0 Å². The number of nitrogens with one attached hydrogen (secondary N) is 1. The summed E-state index contributed by atoms with van der Waals surface area (Å²) >= 11 is 6.11. The standard InChI is InChI=1S/C14H21ClN2/c1-10-8-13(14(15)16-9-10)17-11(2)12-6-4-3-5-7-12/h8-9,11-12,17H,3-7H2,1-2H3. The van der Waals surface area contributed by atoms with Crippen molar-refractivity contribution in [2.75, 3.05) is 5.32 Å². The van der Waals surface area contributed by atoms with Gasteiger partial charge in [0.05, 0.1) is 5.69 Å². The average molecular weight is 253 g/mol. The van der Waals surface area contributed by atoms with Crippen LogP contribution in [0, 0.1) is 12.8 Å². The molecule has 2 rings (SSSR count). The van der Waals surface area contributed by atoms with Gasteiger partial charge in [0.2, 0.25) is 0 Å². The Balaban J connectivity index is 2.01. The monoisotopic (exact) mass is 252 g/mol. The second-order valence-corrected chi connectivity index (χ2v) is 5.54. The van der Waals surface area contributed by atoms with E-state index in [0.29, 0.717) is 11.2 Å². The van der Waals surface area contributed by atoms with Crippen molar-refractivity contribution >= 4 is 17.3 Å². The maximum absolute atomic E-state index is 6.11. The van der Waals surface area contributed by atoms with Crippen LogP contribution in [0.2, 0.25) is 5.15 Å². The van der Waals surface area contributed by atoms with Gasteiger partial charge in [-0.05, 0) is 44.2 Å². The molecule has 2 nitrogen and oxygen atoms in total. The molecular formula is C14H21ClN2. The molecule has 1 aliphatic rings. The first-order valence-electron chi connectivity index (χ1n) is 6.55. The Morgan fingerprint density at radius 2 is 2.06 bits per heavy atom. The maximum atomic E-state index is 6.11. The number of pyridine rings is 1. The van der Waals surface area contributed by atoms with E-state index >= 15 is 0 Å². The van der Waals surface area contributed by atoms with E-state index in [4.69, 9.17) is 11.6 Å². The van der Waals surface area contributed by atoms with Crippen LogP contribution in [0.1, 0.15) is 44.6 Å². The predicted octanol–water partition coefficient (Wildman–Crippen LogP) is 4.42. The molecule has 1 fully saturated rings. The number of aryl methyl sites for hydroxylation is 1. The molecule has 1 atom stereocenters. The van der Waals surface area contributed by atoms with Gasteiger partial charge >= 0.3 is 0 Å². The van der Waals surface area contributed by atoms with Gasteiger partial charge in [0.25, 0.3) is 0 Å². The lowest BCUT2D eigenvalue weighted by Gasteiger charge is -2.29. The Labute approximate surface area is 109 Å². The van der Waals surface area contributed by atoms with E-state index < -0.39 is 0 Å². The molecule has 1 N–H and O–H groups in total. The molecule has 1 aromatic rings. The van der Waals surface area contributed by atoms with Gasteiger partial charge in [-0.1, -0.05) is 30.9 Å². The Morgan fingerprint density at radius 1 is 1.35 bits per heavy atom. The lowest BCUT2D eigenvalue weighted by Crippen LogP contribution is -2.27. The molecule has 0 saturated heterocycles. The van der Waals surface area contributed by atoms with Crippen molar-refractivity contribution in [1.29, 1.82) is 0 Å². The van der Waals surface area contributed by atoms with E-state index in [2.05, 4.69) is 23.3 Å². The quantitative estimate of drug-likeness (QED) is 0.806. The number of nitrogens with zero attached hydrogens (tertiary/aromatic N) is 1. The minimum Gasteiger partial charge on any atom is -0.380 e. The van der Waals surface area contributed by atoms with Crippen molar-refractivity contribution in [1.82, 2.24) is 4.98 Å². The summed E-state index contributed by atoms with van der Waals surface area (Å²) in [6, 6.07) is 2.56. The number of hydrogen-bond donors (Lipinski definition) is 1. The van der Waals surface area contributed by atoms with Gasteiger partial charge in [0, 0.05) is 12.2 Å². The zero-order chi connectivity index (χ0) is 12.3. The van der Waals surface area contributed by atoms with Crippen LogP contribution in [-0.4, -0.2) is 11.0 Å². The van der Waals surface area contributed by atoms with E-state index in [0.717, 1.165) is 17.2 Å². The second kappa shape index (κ2) is 5.72. The Bertz CT molecular complexity index is 372. The van der Waals surface area contributed by atoms with Crippen molar-refractivity contribution in [3.63, 3.8) is 0 Å². The molecule has 0 aliphatic heterocycles. The second-order valence-electron chi connectivity index (χ2n) is 5.18. The summed E-state index contributed by atoms with van der Waals surface area (Å²) in [5.74, 6) is 0.778. The number of halogens is 1. The van der Waals surface area contributed by atoms with Gasteiger partial charge in [0.1, 0.15) is 0 Å². The van der Waals surface area contributed by atoms with Gasteiger partial charge < -0.3 is 5.32 Å². The summed E-state index contributed by atoms with van der Waals surface area (Å²) in [5, 5.41) is 4.11. The average Bonchev–Trinajstić information content (AvgIpc) is 2.35. The predicted molar refractivity (Wildman–Crippen MR) is 73.6 cm³/mol. The highest BCUT2D eigenvalue weighted by molar-refractivity contribution is 6.31. The van der Waals surface area contributed by atoms with E-state index in [1.54, 1.807) is 6.20 Å². The number of anilines is 1. The summed E-state index contributed by atoms with van der Waals surface area (Å²) in [6.07, 6.45) is 8.62. The molecule has 0 bridgehead atoms. The van der Waals surface area contributed by atoms with Gasteiger partial charge in [-0.15, -0.1) is 0 Å². The molecule has 1 aromatic heterocycles. The van der Waals surface area contributed by atoms with Gasteiger partial charge in [-0.25, -0.2) is 4.98 Å². The Hall–Kier alpha value is -0.760. The highest BCUT2D eigenvalue weighted by atomic mass is 35.5. The molecule has 1 unspecified atom stereocenters. The van der Waals surface area contributed by atoms with E-state index in [1.807, 2.05) is 6.92 Å². The number of hydrogen-bond acceptors (Lipinski definition) is 2. The molecule has 17 heavy (non-hydrogen) atoms. The summed E-state index contributed by atoms with van der Waals surface area (Å²) < 4.78 is 0. The normalized spacial score (nSPS) is 19.0. The lowest BCUT2D eigenvalue weighted by molar-refractivity contribution is 0.328. The summed E-state index contributed by atoms with van der Waals surface area (Å²) in [7, 11) is 0. The largest absolute Gasteiger partial charge is 0.380 e. The summed E-state index contributed by atoms with van der Waals surface area (Å²) in [5.41, 5.74) is 2.12. The fraction of sp³-hybridized carbons (Fsp3) is 0.643. The van der Waals surface area contributed by atoms with Gasteiger partial charge in [-0.3, -0.25) is 0 Å². The third-order valence-corrected chi connectivity index (χ3v) is 4.02. The van der Waals surface area contributed by atoms with Crippen LogP contribution < -0.4 is 5.32 Å². The Kier molecular flexibility index (Phi) is 4.27. The van der Waals surface area contributed by atoms with E-state index in [1.165, 1.54) is 32.1 Å². The first kappa shape index (κ1) is 12.7. The molecule has 1 saturated carbocycles. The molecule has 1 aliphatic carbocycles. The SMILES string of the molecule is Cc1cnc(Cl)c(NC(C)C2CCCCC2)c1. The maximum Gasteiger partial charge on any atom is 0.152 e. The van der Waals surface area contributed by atoms with Crippen LogP contribution in [0.3, 0.4) is 0 Å². The molecule has 3 heteroatoms. The topological polar surface area (TPSA) is 24.9 Å². The highest BCUT2D eigenvalue weighted by Crippen LogP contribution is 2.29. The fourth-order valence-electron chi connectivity index (χ4n) is 2.65. The zero-order valence-electron chi connectivity index (χ0n) is 10.7. The van der Waals surface area contributed by atoms with Crippen LogP contribution >= 0.6 is 11.6 Å². The molecule has 0 radical (unpaired) electrons. The van der Waals surface area contributed by atoms with Crippen molar-refractivity contribution < 1.29 is 0 Å². The number of aromatic nitrogens is 1. The first-order chi connectivity index (χ1) is 8.16. The minimum absolute atomic E-state index is 0.483. The fourth-order valence-corrected chi connectivity index (χ4v) is 2.81. The van der Waals surface area contributed by atoms with Crippen molar-refractivity contribution in [3.8, 4) is 0 Å². The minimum atomic E-state index is 0.483. The Morgan fingerprint density at radius 3 is 2.76 bits per heavy atom. The first-order valence-corrected chi connectivity index (χ1v) is 6.93. The molecule has 0 amide bonds. The van der Waals surface area contributed by atoms with Crippen molar-refractivity contribution in [3.05, 3.63) is 23.0 Å². The zero-order valence-corrected chi connectivity index (χ0v) is 11.4. The van der Waals surface area contributed by atoms with Crippen LogP contribution in [-0.2, 0) is 0 Å². The molecular weight excluding hydrogens is 232 g/mol. The van der Waals surface area contributed by atoms with Gasteiger partial charge in [-0.2, -0.15) is 0 Å². The van der Waals surface area contributed by atoms with Crippen LogP contribution in [0.25, 0.3) is 0 Å². The van der Waals surface area contributed by atoms with E-state index in [-0.39, 0.29) is 0 Å². The number of rotatable bonds is 3. The molecule has 0 spiro atoms. The third kappa shape index (κ3) is 3.35. The van der Waals surface area contributed by atoms with Crippen LogP contribution in [0.15, 0.2) is 12.3 Å². The molecule has 1 heterocycles. The smallest absolute Gasteiger partial charge is 0.152 e. The van der Waals surface area contributed by atoms with Crippen LogP contribution in [0.4, 0.5) is 5.69 Å². The third-order valence-electron chi connectivity index (χ3n) is 3.72. The van der Waals surface area contributed by atoms with Crippen molar-refractivity contribution in [2.24, 2.45) is 5.92 Å². The molecule has 94 valence electrons.